The van der Waals surface area contributed by atoms with Crippen LogP contribution >= 0.6 is 15.9 Å². The molecule has 1 N–H and O–H groups in total. The molecule has 1 amide bonds. The van der Waals surface area contributed by atoms with E-state index in [1.54, 1.807) is 0 Å². The van der Waals surface area contributed by atoms with Crippen molar-refractivity contribution in [3.05, 3.63) is 28.2 Å². The second-order valence-electron chi connectivity index (χ2n) is 10.2. The number of hydrogen-bond acceptors (Lipinski definition) is 3. The van der Waals surface area contributed by atoms with Crippen LogP contribution in [0.3, 0.4) is 0 Å². The van der Waals surface area contributed by atoms with Gasteiger partial charge in [0.1, 0.15) is 5.75 Å². The third-order valence-corrected chi connectivity index (χ3v) is 7.92. The van der Waals surface area contributed by atoms with Crippen molar-refractivity contribution in [3.8, 4) is 5.75 Å². The lowest BCUT2D eigenvalue weighted by atomic mass is 9.83. The SMILES string of the molecule is CCCC(=O)NC1CCC(CCN2CCC(Cc3cc(OC(C)C)ccc3Br)CC2)CC1. The molecule has 1 saturated heterocycles. The van der Waals surface area contributed by atoms with Crippen LogP contribution in [0, 0.1) is 11.8 Å². The molecule has 0 spiro atoms. The summed E-state index contributed by atoms with van der Waals surface area (Å²) in [5, 5.41) is 3.23. The summed E-state index contributed by atoms with van der Waals surface area (Å²) < 4.78 is 7.10. The highest BCUT2D eigenvalue weighted by atomic mass is 79.9. The van der Waals surface area contributed by atoms with E-state index in [4.69, 9.17) is 4.74 Å². The zero-order chi connectivity index (χ0) is 22.9. The molecule has 180 valence electrons. The minimum absolute atomic E-state index is 0.210. The van der Waals surface area contributed by atoms with Crippen molar-refractivity contribution >= 4 is 21.8 Å². The van der Waals surface area contributed by atoms with Crippen molar-refractivity contribution in [2.45, 2.75) is 97.1 Å². The lowest BCUT2D eigenvalue weighted by Gasteiger charge is -2.34. The zero-order valence-electron chi connectivity index (χ0n) is 20.4. The molecule has 1 heterocycles. The lowest BCUT2D eigenvalue weighted by molar-refractivity contribution is -0.122. The van der Waals surface area contributed by atoms with Gasteiger partial charge >= 0.3 is 0 Å². The highest BCUT2D eigenvalue weighted by Gasteiger charge is 2.24. The van der Waals surface area contributed by atoms with Crippen LogP contribution in [0.25, 0.3) is 0 Å². The summed E-state index contributed by atoms with van der Waals surface area (Å²) in [5.41, 5.74) is 1.38. The summed E-state index contributed by atoms with van der Waals surface area (Å²) in [6.45, 7) is 9.92. The average Bonchev–Trinajstić information content (AvgIpc) is 2.76. The predicted octanol–water partition coefficient (Wildman–Crippen LogP) is 6.36. The molecule has 2 fully saturated rings. The summed E-state index contributed by atoms with van der Waals surface area (Å²) in [7, 11) is 0. The molecule has 32 heavy (non-hydrogen) atoms. The molecular weight excluding hydrogens is 464 g/mol. The molecular formula is C27H43BrN2O2. The summed E-state index contributed by atoms with van der Waals surface area (Å²) in [6, 6.07) is 6.83. The topological polar surface area (TPSA) is 41.6 Å². The zero-order valence-corrected chi connectivity index (χ0v) is 22.0. The van der Waals surface area contributed by atoms with E-state index in [-0.39, 0.29) is 12.0 Å². The first-order chi connectivity index (χ1) is 15.4. The van der Waals surface area contributed by atoms with E-state index in [1.807, 2.05) is 0 Å². The van der Waals surface area contributed by atoms with Gasteiger partial charge in [-0.1, -0.05) is 22.9 Å². The molecule has 1 aromatic rings. The van der Waals surface area contributed by atoms with Crippen molar-refractivity contribution < 1.29 is 9.53 Å². The number of rotatable bonds is 10. The van der Waals surface area contributed by atoms with E-state index in [1.165, 1.54) is 61.8 Å². The maximum Gasteiger partial charge on any atom is 0.220 e. The van der Waals surface area contributed by atoms with Crippen molar-refractivity contribution in [1.29, 1.82) is 0 Å². The van der Waals surface area contributed by atoms with Crippen LogP contribution in [0.4, 0.5) is 0 Å². The molecule has 2 aliphatic rings. The van der Waals surface area contributed by atoms with E-state index in [0.717, 1.165) is 43.3 Å². The molecule has 1 saturated carbocycles. The number of nitrogens with zero attached hydrogens (tertiary/aromatic N) is 1. The fourth-order valence-electron chi connectivity index (χ4n) is 5.27. The van der Waals surface area contributed by atoms with Gasteiger partial charge in [-0.25, -0.2) is 0 Å². The standard InChI is InChI=1S/C27H43BrN2O2/c1-4-5-27(31)29-24-8-6-21(7-9-24)12-15-30-16-13-22(14-17-30)18-23-19-25(32-20(2)3)10-11-26(23)28/h10-11,19-22,24H,4-9,12-18H2,1-3H3,(H,29,31). The Balaban J connectivity index is 1.34. The maximum absolute atomic E-state index is 11.8. The Hall–Kier alpha value is -1.07. The van der Waals surface area contributed by atoms with Crippen LogP contribution in [-0.2, 0) is 11.2 Å². The van der Waals surface area contributed by atoms with E-state index in [0.29, 0.717) is 12.5 Å². The Bertz CT molecular complexity index is 708. The Morgan fingerprint density at radius 1 is 1.12 bits per heavy atom. The third kappa shape index (κ3) is 8.37. The Morgan fingerprint density at radius 2 is 1.84 bits per heavy atom. The number of nitrogens with one attached hydrogen (secondary N) is 1. The van der Waals surface area contributed by atoms with E-state index < -0.39 is 0 Å². The molecule has 4 nitrogen and oxygen atoms in total. The summed E-state index contributed by atoms with van der Waals surface area (Å²) in [6.07, 6.45) is 11.7. The lowest BCUT2D eigenvalue weighted by Crippen LogP contribution is -2.39. The van der Waals surface area contributed by atoms with Gasteiger partial charge in [0.05, 0.1) is 6.10 Å². The Labute approximate surface area is 204 Å². The monoisotopic (exact) mass is 506 g/mol. The van der Waals surface area contributed by atoms with Crippen LogP contribution in [0.1, 0.15) is 84.1 Å². The van der Waals surface area contributed by atoms with E-state index in [9.17, 15) is 4.79 Å². The fourth-order valence-corrected chi connectivity index (χ4v) is 5.67. The number of halogens is 1. The molecule has 0 aromatic heterocycles. The molecule has 0 unspecified atom stereocenters. The predicted molar refractivity (Wildman–Crippen MR) is 136 cm³/mol. The average molecular weight is 508 g/mol. The number of carbonyl (C=O) groups is 1. The Kier molecular flexibility index (Phi) is 10.4. The van der Waals surface area contributed by atoms with Crippen LogP contribution in [0.5, 0.6) is 5.75 Å². The Morgan fingerprint density at radius 3 is 2.50 bits per heavy atom. The third-order valence-electron chi connectivity index (χ3n) is 7.15. The molecule has 0 radical (unpaired) electrons. The minimum atomic E-state index is 0.210. The number of carbonyl (C=O) groups excluding carboxylic acids is 1. The van der Waals surface area contributed by atoms with Crippen molar-refractivity contribution in [2.24, 2.45) is 11.8 Å². The minimum Gasteiger partial charge on any atom is -0.491 e. The summed E-state index contributed by atoms with van der Waals surface area (Å²) in [5.74, 6) is 2.83. The van der Waals surface area contributed by atoms with Crippen molar-refractivity contribution in [3.63, 3.8) is 0 Å². The second kappa shape index (κ2) is 13.0. The van der Waals surface area contributed by atoms with Gasteiger partial charge in [0.25, 0.3) is 0 Å². The quantitative estimate of drug-likeness (QED) is 0.401. The van der Waals surface area contributed by atoms with E-state index >= 15 is 0 Å². The van der Waals surface area contributed by atoms with Gasteiger partial charge in [-0.2, -0.15) is 0 Å². The second-order valence-corrected chi connectivity index (χ2v) is 11.1. The highest BCUT2D eigenvalue weighted by molar-refractivity contribution is 9.10. The summed E-state index contributed by atoms with van der Waals surface area (Å²) >= 11 is 3.74. The van der Waals surface area contributed by atoms with Gasteiger partial charge < -0.3 is 15.0 Å². The van der Waals surface area contributed by atoms with E-state index in [2.05, 4.69) is 65.1 Å². The van der Waals surface area contributed by atoms with Crippen molar-refractivity contribution in [1.82, 2.24) is 10.2 Å². The van der Waals surface area contributed by atoms with Crippen LogP contribution in [-0.4, -0.2) is 42.6 Å². The number of amides is 1. The fraction of sp³-hybridized carbons (Fsp3) is 0.741. The molecule has 0 bridgehead atoms. The number of ether oxygens (including phenoxy) is 1. The maximum atomic E-state index is 11.8. The molecule has 5 heteroatoms. The van der Waals surface area contributed by atoms with Crippen molar-refractivity contribution in [2.75, 3.05) is 19.6 Å². The molecule has 0 atom stereocenters. The first-order valence-corrected chi connectivity index (χ1v) is 13.7. The summed E-state index contributed by atoms with van der Waals surface area (Å²) in [4.78, 5) is 14.5. The number of hydrogen-bond donors (Lipinski definition) is 1. The van der Waals surface area contributed by atoms with Crippen LogP contribution in [0.2, 0.25) is 0 Å². The van der Waals surface area contributed by atoms with Gasteiger partial charge in [0, 0.05) is 16.9 Å². The molecule has 3 rings (SSSR count). The number of benzene rings is 1. The molecule has 1 aromatic carbocycles. The van der Waals surface area contributed by atoms with Gasteiger partial charge in [-0.3, -0.25) is 4.79 Å². The number of piperidine rings is 1. The molecule has 1 aliphatic carbocycles. The van der Waals surface area contributed by atoms with Crippen LogP contribution < -0.4 is 10.1 Å². The van der Waals surface area contributed by atoms with Gasteiger partial charge in [0.15, 0.2) is 0 Å². The molecule has 1 aliphatic heterocycles. The van der Waals surface area contributed by atoms with Gasteiger partial charge in [-0.05, 0) is 127 Å². The van der Waals surface area contributed by atoms with Gasteiger partial charge in [0.2, 0.25) is 5.91 Å². The largest absolute Gasteiger partial charge is 0.491 e. The first kappa shape index (κ1) is 25.6. The first-order valence-electron chi connectivity index (χ1n) is 12.9. The smallest absolute Gasteiger partial charge is 0.220 e. The normalized spacial score (nSPS) is 22.8. The van der Waals surface area contributed by atoms with Gasteiger partial charge in [-0.15, -0.1) is 0 Å². The van der Waals surface area contributed by atoms with Crippen LogP contribution in [0.15, 0.2) is 22.7 Å². The number of likely N-dealkylation sites (tertiary alicyclic amines) is 1. The highest BCUT2D eigenvalue weighted by Crippen LogP contribution is 2.31.